The number of nitrogens with one attached hydrogen (secondary N) is 1. The number of halogens is 2. The average Bonchev–Trinajstić information content (AvgIpc) is 2.67. The van der Waals surface area contributed by atoms with Crippen LogP contribution in [0.4, 0.5) is 9.18 Å². The highest BCUT2D eigenvalue weighted by Gasteiger charge is 2.23. The lowest BCUT2D eigenvalue weighted by Gasteiger charge is -2.12. The van der Waals surface area contributed by atoms with Crippen molar-refractivity contribution in [2.75, 3.05) is 13.2 Å². The zero-order valence-electron chi connectivity index (χ0n) is 9.13. The molecule has 1 aliphatic rings. The molecule has 1 N–H and O–H groups in total. The van der Waals surface area contributed by atoms with Gasteiger partial charge < -0.3 is 14.8 Å². The number of hydrogen-bond acceptors (Lipinski definition) is 3. The van der Waals surface area contributed by atoms with Gasteiger partial charge in [0.05, 0.1) is 11.6 Å². The summed E-state index contributed by atoms with van der Waals surface area (Å²) in [5.74, 6) is -0.157. The maximum atomic E-state index is 13.1. The highest BCUT2D eigenvalue weighted by Crippen LogP contribution is 2.29. The second-order valence-corrected chi connectivity index (χ2v) is 4.13. The number of carbonyl (C=O) groups excluding carboxylic acids is 1. The van der Waals surface area contributed by atoms with Gasteiger partial charge in [0.2, 0.25) is 0 Å². The van der Waals surface area contributed by atoms with E-state index in [1.54, 1.807) is 6.92 Å². The molecule has 0 spiro atoms. The zero-order chi connectivity index (χ0) is 12.4. The number of benzene rings is 1. The summed E-state index contributed by atoms with van der Waals surface area (Å²) < 4.78 is 23.3. The lowest BCUT2D eigenvalue weighted by molar-refractivity contribution is 0.104. The Labute approximate surface area is 103 Å². The summed E-state index contributed by atoms with van der Waals surface area (Å²) >= 11 is 5.96. The van der Waals surface area contributed by atoms with E-state index in [1.165, 1.54) is 12.1 Å². The number of amides is 1. The van der Waals surface area contributed by atoms with Crippen LogP contribution in [-0.4, -0.2) is 25.3 Å². The lowest BCUT2D eigenvalue weighted by Crippen LogP contribution is -2.22. The molecule has 1 aromatic rings. The van der Waals surface area contributed by atoms with Crippen molar-refractivity contribution in [3.63, 3.8) is 0 Å². The van der Waals surface area contributed by atoms with Gasteiger partial charge in [0, 0.05) is 6.07 Å². The van der Waals surface area contributed by atoms with Crippen molar-refractivity contribution in [3.8, 4) is 5.75 Å². The van der Waals surface area contributed by atoms with Crippen LogP contribution in [0.3, 0.4) is 0 Å². The Morgan fingerprint density at radius 2 is 2.41 bits per heavy atom. The van der Waals surface area contributed by atoms with E-state index in [0.717, 1.165) is 0 Å². The lowest BCUT2D eigenvalue weighted by atomic mass is 10.2. The number of aryl methyl sites for hydroxylation is 1. The predicted molar refractivity (Wildman–Crippen MR) is 59.9 cm³/mol. The van der Waals surface area contributed by atoms with Crippen LogP contribution in [-0.2, 0) is 4.74 Å². The van der Waals surface area contributed by atoms with E-state index in [4.69, 9.17) is 21.1 Å². The Morgan fingerprint density at radius 3 is 3.06 bits per heavy atom. The molecule has 4 nitrogen and oxygen atoms in total. The second kappa shape index (κ2) is 4.79. The van der Waals surface area contributed by atoms with Gasteiger partial charge in [-0.2, -0.15) is 0 Å². The zero-order valence-corrected chi connectivity index (χ0v) is 9.88. The number of hydrogen-bond donors (Lipinski definition) is 1. The number of alkyl carbamates (subject to hydrolysis) is 1. The van der Waals surface area contributed by atoms with Gasteiger partial charge in [-0.1, -0.05) is 11.6 Å². The first-order chi connectivity index (χ1) is 8.06. The van der Waals surface area contributed by atoms with E-state index in [2.05, 4.69) is 5.32 Å². The van der Waals surface area contributed by atoms with Gasteiger partial charge in [-0.05, 0) is 18.6 Å². The summed E-state index contributed by atoms with van der Waals surface area (Å²) in [5, 5.41) is 2.86. The highest BCUT2D eigenvalue weighted by atomic mass is 35.5. The molecule has 1 aromatic carbocycles. The molecule has 1 aliphatic heterocycles. The second-order valence-electron chi connectivity index (χ2n) is 3.75. The van der Waals surface area contributed by atoms with E-state index in [1.807, 2.05) is 0 Å². The Balaban J connectivity index is 2.01. The molecule has 1 heterocycles. The van der Waals surface area contributed by atoms with E-state index in [0.29, 0.717) is 17.1 Å². The molecule has 92 valence electrons. The number of rotatable bonds is 3. The van der Waals surface area contributed by atoms with Crippen LogP contribution in [0.5, 0.6) is 5.75 Å². The molecule has 1 amide bonds. The van der Waals surface area contributed by atoms with Crippen LogP contribution in [0.15, 0.2) is 12.1 Å². The molecule has 1 atom stereocenters. The predicted octanol–water partition coefficient (Wildman–Crippen LogP) is 2.27. The van der Waals surface area contributed by atoms with Crippen molar-refractivity contribution in [2.24, 2.45) is 0 Å². The maximum absolute atomic E-state index is 13.1. The summed E-state index contributed by atoms with van der Waals surface area (Å²) in [7, 11) is 0. The summed E-state index contributed by atoms with van der Waals surface area (Å²) in [6, 6.07) is 2.53. The molecule has 2 rings (SSSR count). The summed E-state index contributed by atoms with van der Waals surface area (Å²) in [6.07, 6.45) is -0.845. The Bertz CT molecular complexity index is 453. The standard InChI is InChI=1S/C11H11ClFNO3/c1-6-2-7(13)3-9(10(6)12)16-5-8-4-14-11(15)17-8/h2-3,8H,4-5H2,1H3,(H,14,15)/t8-/m0/s1. The summed E-state index contributed by atoms with van der Waals surface area (Å²) in [6.45, 7) is 2.21. The van der Waals surface area contributed by atoms with Crippen LogP contribution in [0, 0.1) is 12.7 Å². The topological polar surface area (TPSA) is 47.6 Å². The smallest absolute Gasteiger partial charge is 0.407 e. The van der Waals surface area contributed by atoms with Gasteiger partial charge in [0.25, 0.3) is 0 Å². The van der Waals surface area contributed by atoms with Gasteiger partial charge >= 0.3 is 6.09 Å². The third-order valence-corrected chi connectivity index (χ3v) is 2.84. The Morgan fingerprint density at radius 1 is 1.65 bits per heavy atom. The number of carbonyl (C=O) groups is 1. The fraction of sp³-hybridized carbons (Fsp3) is 0.364. The quantitative estimate of drug-likeness (QED) is 0.906. The molecule has 1 fully saturated rings. The summed E-state index contributed by atoms with van der Waals surface area (Å²) in [5.41, 5.74) is 0.600. The third-order valence-electron chi connectivity index (χ3n) is 2.36. The molecule has 17 heavy (non-hydrogen) atoms. The molecule has 6 heteroatoms. The van der Waals surface area contributed by atoms with Crippen molar-refractivity contribution in [1.29, 1.82) is 0 Å². The third kappa shape index (κ3) is 2.79. The van der Waals surface area contributed by atoms with Gasteiger partial charge in [-0.15, -0.1) is 0 Å². The monoisotopic (exact) mass is 259 g/mol. The molecule has 0 unspecified atom stereocenters. The molecule has 0 radical (unpaired) electrons. The van der Waals surface area contributed by atoms with Crippen molar-refractivity contribution in [3.05, 3.63) is 28.5 Å². The van der Waals surface area contributed by atoms with E-state index in [9.17, 15) is 9.18 Å². The SMILES string of the molecule is Cc1cc(F)cc(OC[C@@H]2CNC(=O)O2)c1Cl. The Hall–Kier alpha value is -1.49. The molecular formula is C11H11ClFNO3. The van der Waals surface area contributed by atoms with Crippen LogP contribution in [0.25, 0.3) is 0 Å². The van der Waals surface area contributed by atoms with Gasteiger partial charge in [0.1, 0.15) is 18.2 Å². The largest absolute Gasteiger partial charge is 0.488 e. The molecule has 0 saturated carbocycles. The van der Waals surface area contributed by atoms with Crippen molar-refractivity contribution < 1.29 is 18.7 Å². The fourth-order valence-corrected chi connectivity index (χ4v) is 1.67. The van der Waals surface area contributed by atoms with Crippen LogP contribution in [0.2, 0.25) is 5.02 Å². The van der Waals surface area contributed by atoms with Gasteiger partial charge in [0.15, 0.2) is 6.10 Å². The first-order valence-electron chi connectivity index (χ1n) is 5.09. The van der Waals surface area contributed by atoms with Crippen LogP contribution >= 0.6 is 11.6 Å². The first-order valence-corrected chi connectivity index (χ1v) is 5.47. The number of ether oxygens (including phenoxy) is 2. The maximum Gasteiger partial charge on any atom is 0.407 e. The minimum atomic E-state index is -0.472. The van der Waals surface area contributed by atoms with E-state index >= 15 is 0 Å². The van der Waals surface area contributed by atoms with Crippen molar-refractivity contribution in [1.82, 2.24) is 5.32 Å². The average molecular weight is 260 g/mol. The van der Waals surface area contributed by atoms with Crippen LogP contribution in [0.1, 0.15) is 5.56 Å². The fourth-order valence-electron chi connectivity index (χ4n) is 1.51. The normalized spacial score (nSPS) is 18.8. The highest BCUT2D eigenvalue weighted by molar-refractivity contribution is 6.32. The minimum Gasteiger partial charge on any atom is -0.488 e. The Kier molecular flexibility index (Phi) is 3.38. The van der Waals surface area contributed by atoms with E-state index < -0.39 is 11.9 Å². The molecule has 0 aromatic heterocycles. The van der Waals surface area contributed by atoms with Gasteiger partial charge in [-0.3, -0.25) is 0 Å². The molecule has 0 bridgehead atoms. The number of cyclic esters (lactones) is 1. The molecular weight excluding hydrogens is 249 g/mol. The minimum absolute atomic E-state index is 0.140. The molecule has 1 saturated heterocycles. The van der Waals surface area contributed by atoms with E-state index in [-0.39, 0.29) is 18.5 Å². The molecule has 0 aliphatic carbocycles. The first kappa shape index (κ1) is 12.0. The van der Waals surface area contributed by atoms with Crippen LogP contribution < -0.4 is 10.1 Å². The van der Waals surface area contributed by atoms with Crippen molar-refractivity contribution >= 4 is 17.7 Å². The van der Waals surface area contributed by atoms with Gasteiger partial charge in [-0.25, -0.2) is 9.18 Å². The summed E-state index contributed by atoms with van der Waals surface area (Å²) in [4.78, 5) is 10.8. The van der Waals surface area contributed by atoms with Crippen molar-refractivity contribution in [2.45, 2.75) is 13.0 Å².